The van der Waals surface area contributed by atoms with E-state index < -0.39 is 0 Å². The molecule has 0 N–H and O–H groups in total. The van der Waals surface area contributed by atoms with E-state index in [1.807, 2.05) is 25.2 Å². The van der Waals surface area contributed by atoms with Crippen molar-refractivity contribution < 1.29 is 4.79 Å². The van der Waals surface area contributed by atoms with Crippen molar-refractivity contribution in [2.45, 2.75) is 51.1 Å². The molecule has 6 nitrogen and oxygen atoms in total. The fourth-order valence-electron chi connectivity index (χ4n) is 4.00. The summed E-state index contributed by atoms with van der Waals surface area (Å²) < 4.78 is 0. The highest BCUT2D eigenvalue weighted by molar-refractivity contribution is 6.04. The number of aromatic nitrogens is 3. The van der Waals surface area contributed by atoms with E-state index in [2.05, 4.69) is 21.8 Å². The lowest BCUT2D eigenvalue weighted by Gasteiger charge is -2.43. The fraction of sp³-hybridized carbons (Fsp3) is 0.474. The summed E-state index contributed by atoms with van der Waals surface area (Å²) in [5.41, 5.74) is 1.55. The summed E-state index contributed by atoms with van der Waals surface area (Å²) in [7, 11) is 1.82. The molecule has 0 spiro atoms. The predicted octanol–water partition coefficient (Wildman–Crippen LogP) is 3.04. The second kappa shape index (κ2) is 6.43. The SMILES string of the molecule is CC[C@@H]1C(=O)N(C)c2cnc(-c3ccccn3)nc2N1C1CCCC1. The molecular formula is C19H23N5O. The first kappa shape index (κ1) is 16.0. The second-order valence-corrected chi connectivity index (χ2v) is 6.78. The number of nitrogens with zero attached hydrogens (tertiary/aromatic N) is 5. The molecule has 1 saturated carbocycles. The number of pyridine rings is 1. The zero-order valence-electron chi connectivity index (χ0n) is 14.7. The molecule has 2 aromatic heterocycles. The van der Waals surface area contributed by atoms with Gasteiger partial charge < -0.3 is 9.80 Å². The number of fused-ring (bicyclic) bond motifs is 1. The van der Waals surface area contributed by atoms with Crippen molar-refractivity contribution in [1.29, 1.82) is 0 Å². The maximum atomic E-state index is 12.9. The normalized spacial score (nSPS) is 20.9. The van der Waals surface area contributed by atoms with Gasteiger partial charge in [0.25, 0.3) is 0 Å². The molecule has 25 heavy (non-hydrogen) atoms. The van der Waals surface area contributed by atoms with Crippen LogP contribution < -0.4 is 9.80 Å². The molecule has 0 saturated heterocycles. The van der Waals surface area contributed by atoms with Crippen LogP contribution in [0.3, 0.4) is 0 Å². The Morgan fingerprint density at radius 3 is 2.68 bits per heavy atom. The lowest BCUT2D eigenvalue weighted by molar-refractivity contribution is -0.120. The Bertz CT molecular complexity index is 773. The number of amides is 1. The van der Waals surface area contributed by atoms with Gasteiger partial charge in [-0.1, -0.05) is 25.8 Å². The first-order valence-corrected chi connectivity index (χ1v) is 9.05. The Kier molecular flexibility index (Phi) is 4.11. The molecule has 6 heteroatoms. The fourth-order valence-corrected chi connectivity index (χ4v) is 4.00. The van der Waals surface area contributed by atoms with Crippen molar-refractivity contribution in [2.75, 3.05) is 16.8 Å². The minimum atomic E-state index is -0.146. The average molecular weight is 337 g/mol. The van der Waals surface area contributed by atoms with Crippen molar-refractivity contribution in [1.82, 2.24) is 15.0 Å². The molecule has 1 aliphatic heterocycles. The molecule has 0 radical (unpaired) electrons. The summed E-state index contributed by atoms with van der Waals surface area (Å²) in [5.74, 6) is 1.62. The van der Waals surface area contributed by atoms with Gasteiger partial charge in [0.1, 0.15) is 17.4 Å². The van der Waals surface area contributed by atoms with Crippen molar-refractivity contribution in [3.05, 3.63) is 30.6 Å². The first-order chi connectivity index (χ1) is 12.2. The highest BCUT2D eigenvalue weighted by Crippen LogP contribution is 2.39. The summed E-state index contributed by atoms with van der Waals surface area (Å²) in [4.78, 5) is 30.5. The summed E-state index contributed by atoms with van der Waals surface area (Å²) in [5, 5.41) is 0. The quantitative estimate of drug-likeness (QED) is 0.861. The largest absolute Gasteiger partial charge is 0.340 e. The van der Waals surface area contributed by atoms with Crippen LogP contribution in [0.25, 0.3) is 11.5 Å². The molecule has 2 aromatic rings. The highest BCUT2D eigenvalue weighted by atomic mass is 16.2. The number of hydrogen-bond acceptors (Lipinski definition) is 5. The van der Waals surface area contributed by atoms with E-state index in [1.165, 1.54) is 12.8 Å². The number of carbonyl (C=O) groups excluding carboxylic acids is 1. The standard InChI is InChI=1S/C19H23N5O/c1-3-15-19(25)23(2)16-12-21-17(14-10-6-7-11-20-14)22-18(16)24(15)13-8-4-5-9-13/h6-7,10-13,15H,3-5,8-9H2,1-2H3/t15-/m1/s1. The molecule has 0 aromatic carbocycles. The Hall–Kier alpha value is -2.50. The van der Waals surface area contributed by atoms with E-state index in [0.717, 1.165) is 36.5 Å². The summed E-state index contributed by atoms with van der Waals surface area (Å²) in [6.07, 6.45) is 8.97. The maximum Gasteiger partial charge on any atom is 0.249 e. The van der Waals surface area contributed by atoms with Gasteiger partial charge >= 0.3 is 0 Å². The van der Waals surface area contributed by atoms with Crippen LogP contribution in [-0.2, 0) is 4.79 Å². The second-order valence-electron chi connectivity index (χ2n) is 6.78. The summed E-state index contributed by atoms with van der Waals surface area (Å²) in [6.45, 7) is 2.07. The monoisotopic (exact) mass is 337 g/mol. The molecule has 0 unspecified atom stereocenters. The van der Waals surface area contributed by atoms with Crippen molar-refractivity contribution in [3.8, 4) is 11.5 Å². The highest BCUT2D eigenvalue weighted by Gasteiger charge is 2.41. The van der Waals surface area contributed by atoms with Gasteiger partial charge in [-0.05, 0) is 31.4 Å². The van der Waals surface area contributed by atoms with Crippen molar-refractivity contribution in [3.63, 3.8) is 0 Å². The smallest absolute Gasteiger partial charge is 0.249 e. The molecule has 130 valence electrons. The minimum Gasteiger partial charge on any atom is -0.340 e. The third kappa shape index (κ3) is 2.65. The van der Waals surface area contributed by atoms with E-state index in [4.69, 9.17) is 4.98 Å². The average Bonchev–Trinajstić information content (AvgIpc) is 3.19. The molecule has 1 fully saturated rings. The first-order valence-electron chi connectivity index (χ1n) is 9.05. The van der Waals surface area contributed by atoms with Crippen molar-refractivity contribution in [2.24, 2.45) is 0 Å². The van der Waals surface area contributed by atoms with Crippen molar-refractivity contribution >= 4 is 17.4 Å². The zero-order valence-corrected chi connectivity index (χ0v) is 14.7. The topological polar surface area (TPSA) is 62.2 Å². The molecular weight excluding hydrogens is 314 g/mol. The van der Waals surface area contributed by atoms with Crippen LogP contribution in [0.4, 0.5) is 11.5 Å². The van der Waals surface area contributed by atoms with E-state index in [0.29, 0.717) is 11.9 Å². The third-order valence-corrected chi connectivity index (χ3v) is 5.31. The van der Waals surface area contributed by atoms with E-state index in [-0.39, 0.29) is 11.9 Å². The van der Waals surface area contributed by atoms with Gasteiger partial charge in [0.05, 0.1) is 6.20 Å². The number of anilines is 2. The van der Waals surface area contributed by atoms with Gasteiger partial charge in [0, 0.05) is 19.3 Å². The summed E-state index contributed by atoms with van der Waals surface area (Å²) in [6, 6.07) is 5.97. The van der Waals surface area contributed by atoms with Crippen LogP contribution in [0, 0.1) is 0 Å². The molecule has 0 bridgehead atoms. The predicted molar refractivity (Wildman–Crippen MR) is 97.5 cm³/mol. The van der Waals surface area contributed by atoms with Gasteiger partial charge in [0.15, 0.2) is 11.6 Å². The maximum absolute atomic E-state index is 12.9. The number of likely N-dealkylation sites (N-methyl/N-ethyl adjacent to an activating group) is 1. The van der Waals surface area contributed by atoms with Crippen LogP contribution in [0.15, 0.2) is 30.6 Å². The lowest BCUT2D eigenvalue weighted by Crippen LogP contribution is -2.55. The number of rotatable bonds is 3. The van der Waals surface area contributed by atoms with Crippen LogP contribution in [0.2, 0.25) is 0 Å². The molecule has 3 heterocycles. The number of carbonyl (C=O) groups is 1. The van der Waals surface area contributed by atoms with Crippen LogP contribution >= 0.6 is 0 Å². The van der Waals surface area contributed by atoms with E-state index >= 15 is 0 Å². The van der Waals surface area contributed by atoms with Crippen LogP contribution in [0.5, 0.6) is 0 Å². The molecule has 1 amide bonds. The van der Waals surface area contributed by atoms with Gasteiger partial charge in [-0.3, -0.25) is 9.78 Å². The Balaban J connectivity index is 1.84. The van der Waals surface area contributed by atoms with Crippen LogP contribution in [0.1, 0.15) is 39.0 Å². The van der Waals surface area contributed by atoms with Crippen LogP contribution in [-0.4, -0.2) is 40.0 Å². The third-order valence-electron chi connectivity index (χ3n) is 5.31. The van der Waals surface area contributed by atoms with E-state index in [1.54, 1.807) is 17.3 Å². The Morgan fingerprint density at radius 2 is 2.00 bits per heavy atom. The van der Waals surface area contributed by atoms with Gasteiger partial charge in [-0.15, -0.1) is 0 Å². The Morgan fingerprint density at radius 1 is 1.20 bits per heavy atom. The zero-order chi connectivity index (χ0) is 17.4. The number of hydrogen-bond donors (Lipinski definition) is 0. The minimum absolute atomic E-state index is 0.135. The van der Waals surface area contributed by atoms with E-state index in [9.17, 15) is 4.79 Å². The van der Waals surface area contributed by atoms with Gasteiger partial charge in [-0.25, -0.2) is 9.97 Å². The van der Waals surface area contributed by atoms with Gasteiger partial charge in [-0.2, -0.15) is 0 Å². The van der Waals surface area contributed by atoms with Gasteiger partial charge in [0.2, 0.25) is 5.91 Å². The Labute approximate surface area is 147 Å². The lowest BCUT2D eigenvalue weighted by atomic mass is 10.0. The molecule has 2 aliphatic rings. The summed E-state index contributed by atoms with van der Waals surface area (Å²) >= 11 is 0. The molecule has 1 aliphatic carbocycles. The molecule has 4 rings (SSSR count). The molecule has 1 atom stereocenters.